The van der Waals surface area contributed by atoms with Crippen molar-refractivity contribution in [3.63, 3.8) is 0 Å². The lowest BCUT2D eigenvalue weighted by molar-refractivity contribution is -0.384. The van der Waals surface area contributed by atoms with E-state index in [9.17, 15) is 14.9 Å². The number of anilines is 1. The third-order valence-electron chi connectivity index (χ3n) is 4.54. The van der Waals surface area contributed by atoms with Gasteiger partial charge in [0.2, 0.25) is 0 Å². The van der Waals surface area contributed by atoms with E-state index in [1.54, 1.807) is 19.1 Å². The van der Waals surface area contributed by atoms with Gasteiger partial charge < -0.3 is 15.5 Å². The third-order valence-corrected chi connectivity index (χ3v) is 4.54. The number of carbonyl (C=O) groups is 1. The number of nitro benzene ring substituents is 1. The average Bonchev–Trinajstić information content (AvgIpc) is 2.75. The summed E-state index contributed by atoms with van der Waals surface area (Å²) in [6, 6.07) is 15.2. The highest BCUT2D eigenvalue weighted by Gasteiger charge is 2.18. The molecule has 2 N–H and O–H groups in total. The van der Waals surface area contributed by atoms with Crippen molar-refractivity contribution in [2.45, 2.75) is 6.92 Å². The number of non-ortho nitro benzene ring substituents is 1. The van der Waals surface area contributed by atoms with Gasteiger partial charge in [0.05, 0.1) is 22.0 Å². The summed E-state index contributed by atoms with van der Waals surface area (Å²) >= 11 is 0. The molecule has 2 aromatic carbocycles. The van der Waals surface area contributed by atoms with Crippen molar-refractivity contribution >= 4 is 17.4 Å². The Bertz CT molecular complexity index is 1090. The standard InChI is InChI=1S/C22H24N6O3/c1-15-19(26-22(29)23-12-13-27(2)3)20(17-10-7-11-18(14-17)28(30)31)25-21(24-15)16-8-5-4-6-9-16/h4-11,14H,12-13H2,1-3H3,(H2,23,26,29). The molecule has 0 spiro atoms. The van der Waals surface area contributed by atoms with Gasteiger partial charge in [0.15, 0.2) is 5.82 Å². The fraction of sp³-hybridized carbons (Fsp3) is 0.227. The van der Waals surface area contributed by atoms with Crippen LogP contribution in [0, 0.1) is 17.0 Å². The number of amides is 2. The molecular formula is C22H24N6O3. The number of aromatic nitrogens is 2. The van der Waals surface area contributed by atoms with Gasteiger partial charge in [-0.05, 0) is 21.0 Å². The minimum atomic E-state index is -0.462. The van der Waals surface area contributed by atoms with Crippen molar-refractivity contribution in [1.29, 1.82) is 0 Å². The van der Waals surface area contributed by atoms with Gasteiger partial charge in [0.1, 0.15) is 0 Å². The highest BCUT2D eigenvalue weighted by molar-refractivity contribution is 5.94. The van der Waals surface area contributed by atoms with Gasteiger partial charge >= 0.3 is 6.03 Å². The van der Waals surface area contributed by atoms with Crippen LogP contribution in [-0.4, -0.2) is 53.0 Å². The number of carbonyl (C=O) groups excluding carboxylic acids is 1. The van der Waals surface area contributed by atoms with Crippen LogP contribution in [0.1, 0.15) is 5.69 Å². The molecule has 3 aromatic rings. The van der Waals surface area contributed by atoms with Crippen molar-refractivity contribution in [1.82, 2.24) is 20.2 Å². The highest BCUT2D eigenvalue weighted by Crippen LogP contribution is 2.32. The minimum Gasteiger partial charge on any atom is -0.337 e. The monoisotopic (exact) mass is 420 g/mol. The molecule has 0 bridgehead atoms. The fourth-order valence-electron chi connectivity index (χ4n) is 2.97. The minimum absolute atomic E-state index is 0.0589. The third kappa shape index (κ3) is 5.61. The second-order valence-electron chi connectivity index (χ2n) is 7.21. The summed E-state index contributed by atoms with van der Waals surface area (Å²) in [5.41, 5.74) is 2.63. The summed E-state index contributed by atoms with van der Waals surface area (Å²) < 4.78 is 0. The maximum atomic E-state index is 12.5. The number of nitrogens with one attached hydrogen (secondary N) is 2. The molecule has 0 fully saturated rings. The van der Waals surface area contributed by atoms with Crippen LogP contribution in [0.4, 0.5) is 16.2 Å². The van der Waals surface area contributed by atoms with Crippen LogP contribution in [0.5, 0.6) is 0 Å². The molecule has 0 aliphatic rings. The summed E-state index contributed by atoms with van der Waals surface area (Å²) in [6.45, 7) is 2.92. The van der Waals surface area contributed by atoms with Gasteiger partial charge in [0, 0.05) is 36.3 Å². The lowest BCUT2D eigenvalue weighted by Gasteiger charge is -2.16. The van der Waals surface area contributed by atoms with Crippen LogP contribution >= 0.6 is 0 Å². The number of hydrogen-bond donors (Lipinski definition) is 2. The Balaban J connectivity index is 2.04. The number of aryl methyl sites for hydroxylation is 1. The molecule has 0 saturated carbocycles. The number of nitro groups is 1. The maximum absolute atomic E-state index is 12.5. The second-order valence-corrected chi connectivity index (χ2v) is 7.21. The van der Waals surface area contributed by atoms with E-state index in [1.807, 2.05) is 49.3 Å². The number of urea groups is 1. The summed E-state index contributed by atoms with van der Waals surface area (Å²) in [6.07, 6.45) is 0. The smallest absolute Gasteiger partial charge is 0.319 e. The molecule has 0 aliphatic heterocycles. The number of benzene rings is 2. The lowest BCUT2D eigenvalue weighted by atomic mass is 10.1. The Labute approximate surface area is 180 Å². The molecule has 0 unspecified atom stereocenters. The molecule has 0 saturated heterocycles. The first-order chi connectivity index (χ1) is 14.8. The van der Waals surface area contributed by atoms with Crippen LogP contribution in [0.15, 0.2) is 54.6 Å². The molecule has 160 valence electrons. The van der Waals surface area contributed by atoms with Gasteiger partial charge in [-0.2, -0.15) is 0 Å². The summed E-state index contributed by atoms with van der Waals surface area (Å²) in [7, 11) is 3.83. The molecule has 0 radical (unpaired) electrons. The SMILES string of the molecule is Cc1nc(-c2ccccc2)nc(-c2cccc([N+](=O)[O-])c2)c1NC(=O)NCCN(C)C. The molecule has 31 heavy (non-hydrogen) atoms. The zero-order valence-electron chi connectivity index (χ0n) is 17.6. The van der Waals surface area contributed by atoms with Crippen molar-refractivity contribution < 1.29 is 9.72 Å². The van der Waals surface area contributed by atoms with Gasteiger partial charge in [-0.15, -0.1) is 0 Å². The van der Waals surface area contributed by atoms with Gasteiger partial charge in [-0.3, -0.25) is 10.1 Å². The predicted molar refractivity (Wildman–Crippen MR) is 120 cm³/mol. The summed E-state index contributed by atoms with van der Waals surface area (Å²) in [5.74, 6) is 0.471. The van der Waals surface area contributed by atoms with E-state index < -0.39 is 11.0 Å². The number of hydrogen-bond acceptors (Lipinski definition) is 6. The number of rotatable bonds is 7. The Hall–Kier alpha value is -3.85. The van der Waals surface area contributed by atoms with Crippen LogP contribution in [0.25, 0.3) is 22.6 Å². The lowest BCUT2D eigenvalue weighted by Crippen LogP contribution is -2.34. The first-order valence-electron chi connectivity index (χ1n) is 9.73. The fourth-order valence-corrected chi connectivity index (χ4v) is 2.97. The normalized spacial score (nSPS) is 10.7. The van der Waals surface area contributed by atoms with E-state index in [4.69, 9.17) is 0 Å². The summed E-state index contributed by atoms with van der Waals surface area (Å²) in [4.78, 5) is 34.4. The topological polar surface area (TPSA) is 113 Å². The van der Waals surface area contributed by atoms with E-state index in [0.29, 0.717) is 41.6 Å². The number of likely N-dealkylation sites (N-methyl/N-ethyl adjacent to an activating group) is 1. The van der Waals surface area contributed by atoms with Crippen LogP contribution in [0.2, 0.25) is 0 Å². The molecule has 1 heterocycles. The molecule has 2 amide bonds. The number of nitrogens with zero attached hydrogens (tertiary/aromatic N) is 4. The van der Waals surface area contributed by atoms with Gasteiger partial charge in [0.25, 0.3) is 5.69 Å². The maximum Gasteiger partial charge on any atom is 0.319 e. The zero-order chi connectivity index (χ0) is 22.4. The Morgan fingerprint density at radius 2 is 1.77 bits per heavy atom. The van der Waals surface area contributed by atoms with E-state index in [1.165, 1.54) is 12.1 Å². The Kier molecular flexibility index (Phi) is 6.88. The largest absolute Gasteiger partial charge is 0.337 e. The quantitative estimate of drug-likeness (QED) is 0.445. The van der Waals surface area contributed by atoms with E-state index in [0.717, 1.165) is 5.56 Å². The molecule has 0 atom stereocenters. The van der Waals surface area contributed by atoms with Crippen molar-refractivity contribution in [3.05, 3.63) is 70.4 Å². The van der Waals surface area contributed by atoms with E-state index in [2.05, 4.69) is 20.6 Å². The van der Waals surface area contributed by atoms with Crippen LogP contribution < -0.4 is 10.6 Å². The zero-order valence-corrected chi connectivity index (χ0v) is 17.6. The Morgan fingerprint density at radius 1 is 1.06 bits per heavy atom. The van der Waals surface area contributed by atoms with E-state index in [-0.39, 0.29) is 5.69 Å². The van der Waals surface area contributed by atoms with Crippen LogP contribution in [-0.2, 0) is 0 Å². The average molecular weight is 420 g/mol. The predicted octanol–water partition coefficient (Wildman–Crippen LogP) is 3.71. The van der Waals surface area contributed by atoms with Gasteiger partial charge in [-0.1, -0.05) is 42.5 Å². The van der Waals surface area contributed by atoms with Gasteiger partial charge in [-0.25, -0.2) is 14.8 Å². The first-order valence-corrected chi connectivity index (χ1v) is 9.73. The molecular weight excluding hydrogens is 396 g/mol. The summed E-state index contributed by atoms with van der Waals surface area (Å²) in [5, 5.41) is 16.9. The molecule has 1 aromatic heterocycles. The molecule has 3 rings (SSSR count). The Morgan fingerprint density at radius 3 is 2.45 bits per heavy atom. The van der Waals surface area contributed by atoms with Crippen molar-refractivity contribution in [2.24, 2.45) is 0 Å². The molecule has 0 aliphatic carbocycles. The highest BCUT2D eigenvalue weighted by atomic mass is 16.6. The van der Waals surface area contributed by atoms with Crippen molar-refractivity contribution in [2.75, 3.05) is 32.5 Å². The second kappa shape index (κ2) is 9.77. The first kappa shape index (κ1) is 21.8. The molecule has 9 nitrogen and oxygen atoms in total. The van der Waals surface area contributed by atoms with Crippen molar-refractivity contribution in [3.8, 4) is 22.6 Å². The van der Waals surface area contributed by atoms with E-state index >= 15 is 0 Å². The van der Waals surface area contributed by atoms with Crippen LogP contribution in [0.3, 0.4) is 0 Å². The molecule has 9 heteroatoms.